The number of likely N-dealkylation sites (tertiary alicyclic amines) is 1. The number of nitrogens with zero attached hydrogens (tertiary/aromatic N) is 3. The Morgan fingerprint density at radius 2 is 1.79 bits per heavy atom. The molecule has 29 heavy (non-hydrogen) atoms. The zero-order valence-electron chi connectivity index (χ0n) is 17.7. The quantitative estimate of drug-likeness (QED) is 0.814. The average molecular weight is 420 g/mol. The van der Waals surface area contributed by atoms with Gasteiger partial charge in [-0.2, -0.15) is 0 Å². The van der Waals surface area contributed by atoms with Gasteiger partial charge in [0.2, 0.25) is 5.91 Å². The summed E-state index contributed by atoms with van der Waals surface area (Å²) in [7, 11) is 2.16. The number of hydrogen-bond acceptors (Lipinski definition) is 4. The first kappa shape index (κ1) is 21.0. The van der Waals surface area contributed by atoms with E-state index in [1.807, 2.05) is 6.92 Å². The van der Waals surface area contributed by atoms with Crippen molar-refractivity contribution in [3.05, 3.63) is 28.8 Å². The van der Waals surface area contributed by atoms with E-state index in [9.17, 15) is 9.90 Å². The molecule has 2 saturated heterocycles. The predicted octanol–water partition coefficient (Wildman–Crippen LogP) is 3.18. The zero-order valence-corrected chi connectivity index (χ0v) is 18.5. The summed E-state index contributed by atoms with van der Waals surface area (Å²) in [6.45, 7) is 6.94. The van der Waals surface area contributed by atoms with Gasteiger partial charge in [-0.15, -0.1) is 0 Å². The van der Waals surface area contributed by atoms with Crippen LogP contribution in [0.4, 0.5) is 5.69 Å². The highest BCUT2D eigenvalue weighted by molar-refractivity contribution is 6.31. The molecule has 3 aliphatic rings. The Labute approximate surface area is 179 Å². The van der Waals surface area contributed by atoms with Gasteiger partial charge in [-0.3, -0.25) is 4.79 Å². The molecule has 1 aliphatic carbocycles. The largest absolute Gasteiger partial charge is 0.390 e. The number of hydrogen-bond donors (Lipinski definition) is 1. The number of rotatable bonds is 4. The molecule has 4 rings (SSSR count). The molecule has 1 aromatic carbocycles. The number of amides is 1. The van der Waals surface area contributed by atoms with Crippen LogP contribution in [0.2, 0.25) is 5.02 Å². The zero-order chi connectivity index (χ0) is 20.6. The summed E-state index contributed by atoms with van der Waals surface area (Å²) in [5, 5.41) is 11.0. The van der Waals surface area contributed by atoms with E-state index in [1.54, 1.807) is 0 Å². The second-order valence-electron chi connectivity index (χ2n) is 9.52. The Morgan fingerprint density at radius 1 is 1.10 bits per heavy atom. The molecule has 6 heteroatoms. The summed E-state index contributed by atoms with van der Waals surface area (Å²) >= 11 is 6.63. The first-order valence-corrected chi connectivity index (χ1v) is 11.4. The van der Waals surface area contributed by atoms with E-state index in [0.29, 0.717) is 6.04 Å². The van der Waals surface area contributed by atoms with Gasteiger partial charge in [0.05, 0.1) is 5.60 Å². The van der Waals surface area contributed by atoms with E-state index < -0.39 is 5.60 Å². The molecule has 1 saturated carbocycles. The second-order valence-corrected chi connectivity index (χ2v) is 9.92. The van der Waals surface area contributed by atoms with Gasteiger partial charge >= 0.3 is 0 Å². The molecule has 3 fully saturated rings. The van der Waals surface area contributed by atoms with Crippen molar-refractivity contribution >= 4 is 23.2 Å². The average Bonchev–Trinajstić information content (AvgIpc) is 3.04. The fourth-order valence-corrected chi connectivity index (χ4v) is 5.33. The molecular formula is C23H34ClN3O2. The normalized spacial score (nSPS) is 31.5. The summed E-state index contributed by atoms with van der Waals surface area (Å²) in [5.74, 6) is 0.306. The number of likely N-dealkylation sites (N-methyl/N-ethyl adjacent to an activating group) is 1. The number of anilines is 1. The van der Waals surface area contributed by atoms with Gasteiger partial charge in [0.1, 0.15) is 0 Å². The van der Waals surface area contributed by atoms with Crippen molar-refractivity contribution in [2.45, 2.75) is 57.1 Å². The maximum absolute atomic E-state index is 13.0. The Hall–Kier alpha value is -1.30. The molecular weight excluding hydrogens is 386 g/mol. The molecule has 2 heterocycles. The van der Waals surface area contributed by atoms with Crippen molar-refractivity contribution in [1.29, 1.82) is 0 Å². The lowest BCUT2D eigenvalue weighted by atomic mass is 9.83. The number of carbonyl (C=O) groups is 1. The third-order valence-corrected chi connectivity index (χ3v) is 7.55. The molecule has 2 aliphatic heterocycles. The summed E-state index contributed by atoms with van der Waals surface area (Å²) in [6.07, 6.45) is 5.01. The summed E-state index contributed by atoms with van der Waals surface area (Å²) in [6, 6.07) is 6.64. The Bertz CT molecular complexity index is 736. The molecule has 5 nitrogen and oxygen atoms in total. The Morgan fingerprint density at radius 3 is 2.45 bits per heavy atom. The molecule has 1 aromatic rings. The van der Waals surface area contributed by atoms with E-state index in [4.69, 9.17) is 11.6 Å². The Kier molecular flexibility index (Phi) is 6.10. The molecule has 0 radical (unpaired) electrons. The van der Waals surface area contributed by atoms with Gasteiger partial charge < -0.3 is 19.8 Å². The van der Waals surface area contributed by atoms with Crippen LogP contribution in [0.3, 0.4) is 0 Å². The highest BCUT2D eigenvalue weighted by atomic mass is 35.5. The van der Waals surface area contributed by atoms with Crippen LogP contribution in [-0.2, 0) is 11.2 Å². The van der Waals surface area contributed by atoms with Crippen molar-refractivity contribution < 1.29 is 9.90 Å². The second kappa shape index (κ2) is 8.44. The lowest BCUT2D eigenvalue weighted by molar-refractivity contribution is -0.134. The molecule has 1 atom stereocenters. The van der Waals surface area contributed by atoms with Crippen molar-refractivity contribution in [2.75, 3.05) is 44.7 Å². The highest BCUT2D eigenvalue weighted by Crippen LogP contribution is 2.35. The van der Waals surface area contributed by atoms with Crippen LogP contribution >= 0.6 is 11.6 Å². The number of piperazine rings is 1. The van der Waals surface area contributed by atoms with Gasteiger partial charge in [0, 0.05) is 55.4 Å². The van der Waals surface area contributed by atoms with Gasteiger partial charge in [-0.25, -0.2) is 0 Å². The van der Waals surface area contributed by atoms with Crippen molar-refractivity contribution in [1.82, 2.24) is 9.80 Å². The third kappa shape index (κ3) is 4.73. The van der Waals surface area contributed by atoms with Crippen molar-refractivity contribution in [3.63, 3.8) is 0 Å². The number of halogens is 1. The highest BCUT2D eigenvalue weighted by Gasteiger charge is 2.39. The molecule has 1 N–H and O–H groups in total. The van der Waals surface area contributed by atoms with E-state index in [0.717, 1.165) is 81.8 Å². The maximum atomic E-state index is 13.0. The number of aliphatic hydroxyl groups is 1. The van der Waals surface area contributed by atoms with Gasteiger partial charge in [0.15, 0.2) is 0 Å². The number of carbonyl (C=O) groups excluding carboxylic acids is 1. The van der Waals surface area contributed by atoms with E-state index in [2.05, 4.69) is 39.9 Å². The third-order valence-electron chi connectivity index (χ3n) is 7.20. The molecule has 0 aromatic heterocycles. The minimum Gasteiger partial charge on any atom is -0.390 e. The van der Waals surface area contributed by atoms with Gasteiger partial charge in [0.25, 0.3) is 0 Å². The molecule has 0 bridgehead atoms. The van der Waals surface area contributed by atoms with Crippen LogP contribution in [0, 0.1) is 5.92 Å². The van der Waals surface area contributed by atoms with Crippen LogP contribution < -0.4 is 4.90 Å². The van der Waals surface area contributed by atoms with Gasteiger partial charge in [-0.05, 0) is 70.2 Å². The van der Waals surface area contributed by atoms with Crippen molar-refractivity contribution in [3.8, 4) is 0 Å². The fraction of sp³-hybridized carbons (Fsp3) is 0.696. The van der Waals surface area contributed by atoms with E-state index in [-0.39, 0.29) is 11.8 Å². The van der Waals surface area contributed by atoms with Crippen LogP contribution in [0.5, 0.6) is 0 Å². The molecule has 0 spiro atoms. The van der Waals surface area contributed by atoms with Crippen LogP contribution in [0.15, 0.2) is 18.2 Å². The van der Waals surface area contributed by atoms with E-state index in [1.165, 1.54) is 5.69 Å². The summed E-state index contributed by atoms with van der Waals surface area (Å²) in [4.78, 5) is 19.8. The lowest BCUT2D eigenvalue weighted by Gasteiger charge is -2.37. The monoisotopic (exact) mass is 419 g/mol. The summed E-state index contributed by atoms with van der Waals surface area (Å²) in [5.41, 5.74) is 1.70. The lowest BCUT2D eigenvalue weighted by Crippen LogP contribution is -2.44. The standard InChI is InChI=1S/C23H34ClN3O2/c1-23(29)8-5-19(6-9-23)27-10-7-18(22(27)28)15-17-3-4-20(16-21(17)24)26-13-11-25(2)12-14-26/h3-4,16,18-19,29H,5-15H2,1-2H3. The molecule has 160 valence electrons. The Balaban J connectivity index is 1.36. The minimum atomic E-state index is -0.558. The SMILES string of the molecule is CN1CCN(c2ccc(CC3CCN(C4CCC(C)(O)CC4)C3=O)c(Cl)c2)CC1. The van der Waals surface area contributed by atoms with Crippen LogP contribution in [-0.4, -0.2) is 72.2 Å². The van der Waals surface area contributed by atoms with E-state index >= 15 is 0 Å². The van der Waals surface area contributed by atoms with Crippen molar-refractivity contribution in [2.24, 2.45) is 5.92 Å². The first-order valence-electron chi connectivity index (χ1n) is 11.1. The maximum Gasteiger partial charge on any atom is 0.226 e. The summed E-state index contributed by atoms with van der Waals surface area (Å²) < 4.78 is 0. The topological polar surface area (TPSA) is 47.0 Å². The molecule has 1 amide bonds. The molecule has 1 unspecified atom stereocenters. The minimum absolute atomic E-state index is 0.0319. The first-order chi connectivity index (χ1) is 13.8. The smallest absolute Gasteiger partial charge is 0.226 e. The van der Waals surface area contributed by atoms with Gasteiger partial charge in [-0.1, -0.05) is 17.7 Å². The van der Waals surface area contributed by atoms with Crippen LogP contribution in [0.1, 0.15) is 44.6 Å². The fourth-order valence-electron chi connectivity index (χ4n) is 5.08. The predicted molar refractivity (Wildman–Crippen MR) is 118 cm³/mol. The number of benzene rings is 1. The van der Waals surface area contributed by atoms with Crippen LogP contribution in [0.25, 0.3) is 0 Å².